The molecule has 0 spiro atoms. The minimum atomic E-state index is -0.765. The van der Waals surface area contributed by atoms with Crippen molar-refractivity contribution >= 4 is 5.97 Å². The number of carboxylic acid groups (broad SMARTS) is 1. The van der Waals surface area contributed by atoms with Crippen molar-refractivity contribution in [3.63, 3.8) is 0 Å². The predicted octanol–water partition coefficient (Wildman–Crippen LogP) is 7.84. The molecule has 3 aromatic carbocycles. The van der Waals surface area contributed by atoms with Gasteiger partial charge in [-0.05, 0) is 109 Å². The Morgan fingerprint density at radius 1 is 1.07 bits per heavy atom. The van der Waals surface area contributed by atoms with E-state index in [9.17, 15) is 9.90 Å². The molecule has 212 valence electrons. The highest BCUT2D eigenvalue weighted by molar-refractivity contribution is 5.71. The highest BCUT2D eigenvalue weighted by Gasteiger charge is 2.38. The Kier molecular flexibility index (Phi) is 8.18. The molecule has 1 heterocycles. The minimum absolute atomic E-state index is 0.00681. The van der Waals surface area contributed by atoms with Gasteiger partial charge in [0.15, 0.2) is 0 Å². The van der Waals surface area contributed by atoms with Crippen LogP contribution in [0.1, 0.15) is 74.6 Å². The van der Waals surface area contributed by atoms with E-state index in [4.69, 9.17) is 9.47 Å². The maximum atomic E-state index is 15.2. The average Bonchev–Trinajstić information content (AvgIpc) is 3.76. The lowest BCUT2D eigenvalue weighted by molar-refractivity contribution is -0.137. The number of likely N-dealkylation sites (tertiary alicyclic amines) is 1. The SMILES string of the molecule is COc1ccc(F)c(-c2ccc(COc3cccc(C(CC(=O)O)C4CC4)c3)cc2[C@H]2N(C)CCCC2(C)C)c1. The molecule has 6 heteroatoms. The van der Waals surface area contributed by atoms with Gasteiger partial charge in [0, 0.05) is 11.6 Å². The third-order valence-electron chi connectivity index (χ3n) is 8.66. The number of carbonyl (C=O) groups is 1. The first kappa shape index (κ1) is 28.2. The monoisotopic (exact) mass is 545 g/mol. The highest BCUT2D eigenvalue weighted by Crippen LogP contribution is 2.48. The fraction of sp³-hybridized carbons (Fsp3) is 0.441. The first-order valence-electron chi connectivity index (χ1n) is 14.3. The lowest BCUT2D eigenvalue weighted by atomic mass is 9.72. The van der Waals surface area contributed by atoms with Crippen molar-refractivity contribution < 1.29 is 23.8 Å². The zero-order valence-electron chi connectivity index (χ0n) is 24.0. The predicted molar refractivity (Wildman–Crippen MR) is 155 cm³/mol. The van der Waals surface area contributed by atoms with Crippen molar-refractivity contribution in [3.05, 3.63) is 83.2 Å². The second-order valence-corrected chi connectivity index (χ2v) is 12.1. The molecule has 0 radical (unpaired) electrons. The third-order valence-corrected chi connectivity index (χ3v) is 8.66. The molecule has 0 bridgehead atoms. The molecule has 0 amide bonds. The number of nitrogens with zero attached hydrogens (tertiary/aromatic N) is 1. The summed E-state index contributed by atoms with van der Waals surface area (Å²) in [5, 5.41) is 9.42. The molecular formula is C34H40FNO4. The van der Waals surface area contributed by atoms with Crippen LogP contribution in [0.2, 0.25) is 0 Å². The van der Waals surface area contributed by atoms with Gasteiger partial charge in [-0.1, -0.05) is 44.2 Å². The van der Waals surface area contributed by atoms with Gasteiger partial charge in [0.1, 0.15) is 23.9 Å². The summed E-state index contributed by atoms with van der Waals surface area (Å²) in [6.07, 6.45) is 4.53. The van der Waals surface area contributed by atoms with Crippen LogP contribution in [-0.4, -0.2) is 36.7 Å². The molecule has 5 rings (SSSR count). The molecule has 1 N–H and O–H groups in total. The van der Waals surface area contributed by atoms with Crippen molar-refractivity contribution in [2.75, 3.05) is 20.7 Å². The van der Waals surface area contributed by atoms with Crippen LogP contribution < -0.4 is 9.47 Å². The van der Waals surface area contributed by atoms with Crippen LogP contribution in [-0.2, 0) is 11.4 Å². The summed E-state index contributed by atoms with van der Waals surface area (Å²) >= 11 is 0. The number of halogens is 1. The van der Waals surface area contributed by atoms with Crippen molar-refractivity contribution in [3.8, 4) is 22.6 Å². The number of ether oxygens (including phenoxy) is 2. The summed E-state index contributed by atoms with van der Waals surface area (Å²) in [4.78, 5) is 13.8. The number of piperidine rings is 1. The summed E-state index contributed by atoms with van der Waals surface area (Å²) < 4.78 is 26.9. The third kappa shape index (κ3) is 6.17. The van der Waals surface area contributed by atoms with E-state index in [1.54, 1.807) is 19.2 Å². The number of benzene rings is 3. The van der Waals surface area contributed by atoms with E-state index in [0.717, 1.165) is 60.2 Å². The van der Waals surface area contributed by atoms with Gasteiger partial charge in [-0.2, -0.15) is 0 Å². The van der Waals surface area contributed by atoms with E-state index >= 15 is 4.39 Å². The summed E-state index contributed by atoms with van der Waals surface area (Å²) in [5.41, 5.74) is 4.53. The number of carboxylic acids is 1. The molecule has 1 unspecified atom stereocenters. The topological polar surface area (TPSA) is 59.0 Å². The molecule has 1 aliphatic heterocycles. The van der Waals surface area contributed by atoms with Gasteiger partial charge in [0.25, 0.3) is 0 Å². The first-order valence-corrected chi connectivity index (χ1v) is 14.3. The summed E-state index contributed by atoms with van der Waals surface area (Å²) in [7, 11) is 3.75. The highest BCUT2D eigenvalue weighted by atomic mass is 19.1. The Labute approximate surface area is 236 Å². The Morgan fingerprint density at radius 3 is 2.58 bits per heavy atom. The van der Waals surface area contributed by atoms with Crippen LogP contribution in [0.15, 0.2) is 60.7 Å². The van der Waals surface area contributed by atoms with Gasteiger partial charge in [0.2, 0.25) is 0 Å². The van der Waals surface area contributed by atoms with Gasteiger partial charge >= 0.3 is 5.97 Å². The Bertz CT molecular complexity index is 1370. The fourth-order valence-corrected chi connectivity index (χ4v) is 6.56. The molecule has 3 aromatic rings. The van der Waals surface area contributed by atoms with Crippen molar-refractivity contribution in [1.29, 1.82) is 0 Å². The minimum Gasteiger partial charge on any atom is -0.497 e. The zero-order chi connectivity index (χ0) is 28.4. The summed E-state index contributed by atoms with van der Waals surface area (Å²) in [6.45, 7) is 5.93. The number of hydrogen-bond donors (Lipinski definition) is 1. The van der Waals surface area contributed by atoms with Gasteiger partial charge in [0.05, 0.1) is 13.5 Å². The van der Waals surface area contributed by atoms with Gasteiger partial charge < -0.3 is 14.6 Å². The van der Waals surface area contributed by atoms with E-state index in [1.807, 2.05) is 36.4 Å². The number of methoxy groups -OCH3 is 1. The Balaban J connectivity index is 1.47. The molecule has 1 saturated heterocycles. The molecular weight excluding hydrogens is 505 g/mol. The van der Waals surface area contributed by atoms with Crippen LogP contribution >= 0.6 is 0 Å². The Morgan fingerprint density at radius 2 is 1.88 bits per heavy atom. The van der Waals surface area contributed by atoms with E-state index in [-0.39, 0.29) is 29.6 Å². The van der Waals surface area contributed by atoms with Crippen LogP contribution in [0.4, 0.5) is 4.39 Å². The fourth-order valence-electron chi connectivity index (χ4n) is 6.56. The largest absolute Gasteiger partial charge is 0.497 e. The van der Waals surface area contributed by atoms with E-state index in [0.29, 0.717) is 23.8 Å². The first-order chi connectivity index (χ1) is 19.2. The number of aliphatic carboxylic acids is 1. The van der Waals surface area contributed by atoms with E-state index in [2.05, 4.69) is 31.9 Å². The van der Waals surface area contributed by atoms with Crippen LogP contribution in [0.5, 0.6) is 11.5 Å². The molecule has 40 heavy (non-hydrogen) atoms. The second kappa shape index (κ2) is 11.6. The maximum Gasteiger partial charge on any atom is 0.303 e. The average molecular weight is 546 g/mol. The van der Waals surface area contributed by atoms with Crippen LogP contribution in [0.25, 0.3) is 11.1 Å². The lowest BCUT2D eigenvalue weighted by Crippen LogP contribution is -2.41. The number of rotatable bonds is 10. The standard InChI is InChI=1S/C34H40FNO4/c1-34(2)15-6-16-36(3)33(34)30-17-22(9-13-27(30)29-19-25(39-4)12-14-31(29)35)21-40-26-8-5-7-24(18-26)28(20-32(37)38)23-10-11-23/h5,7-9,12-14,17-19,23,28,33H,6,10-11,15-16,20-21H2,1-4H3,(H,37,38)/t28?,33-/m1/s1. The number of hydrogen-bond acceptors (Lipinski definition) is 4. The van der Waals surface area contributed by atoms with Gasteiger partial charge in [-0.3, -0.25) is 9.69 Å². The smallest absolute Gasteiger partial charge is 0.303 e. The van der Waals surface area contributed by atoms with Crippen LogP contribution in [0.3, 0.4) is 0 Å². The summed E-state index contributed by atoms with van der Waals surface area (Å²) in [5.74, 6) is 0.777. The molecule has 5 nitrogen and oxygen atoms in total. The molecule has 1 saturated carbocycles. The van der Waals surface area contributed by atoms with Crippen molar-refractivity contribution in [1.82, 2.24) is 4.90 Å². The van der Waals surface area contributed by atoms with E-state index < -0.39 is 5.97 Å². The summed E-state index contributed by atoms with van der Waals surface area (Å²) in [6, 6.07) is 19.1. The zero-order valence-corrected chi connectivity index (χ0v) is 24.0. The second-order valence-electron chi connectivity index (χ2n) is 12.1. The maximum absolute atomic E-state index is 15.2. The molecule has 2 fully saturated rings. The van der Waals surface area contributed by atoms with Crippen molar-refractivity contribution in [2.24, 2.45) is 11.3 Å². The van der Waals surface area contributed by atoms with Crippen molar-refractivity contribution in [2.45, 2.75) is 64.5 Å². The van der Waals surface area contributed by atoms with E-state index in [1.165, 1.54) is 6.07 Å². The molecule has 2 atom stereocenters. The Hall–Kier alpha value is -3.38. The quantitative estimate of drug-likeness (QED) is 0.281. The lowest BCUT2D eigenvalue weighted by Gasteiger charge is -2.46. The molecule has 0 aromatic heterocycles. The normalized spacial score (nSPS) is 19.7. The van der Waals surface area contributed by atoms with Gasteiger partial charge in [-0.25, -0.2) is 4.39 Å². The van der Waals surface area contributed by atoms with Gasteiger partial charge in [-0.15, -0.1) is 0 Å². The van der Waals surface area contributed by atoms with Crippen LogP contribution in [0, 0.1) is 17.2 Å². The molecule has 2 aliphatic rings. The molecule has 1 aliphatic carbocycles.